The number of carbonyl (C=O) groups excluding carboxylic acids is 1. The number of piperidine rings is 1. The lowest BCUT2D eigenvalue weighted by atomic mass is 9.84. The number of aliphatic hydroxyl groups is 1. The summed E-state index contributed by atoms with van der Waals surface area (Å²) in [5, 5.41) is 23.6. The number of aromatic nitrogens is 6. The maximum absolute atomic E-state index is 13.3. The normalized spacial score (nSPS) is 21.0. The van der Waals surface area contributed by atoms with Crippen LogP contribution in [0.5, 0.6) is 0 Å². The second-order valence-electron chi connectivity index (χ2n) is 11.0. The number of halogens is 1. The molecule has 1 aliphatic carbocycles. The quantitative estimate of drug-likeness (QED) is 0.380. The van der Waals surface area contributed by atoms with Crippen molar-refractivity contribution in [2.24, 2.45) is 13.0 Å². The van der Waals surface area contributed by atoms with Crippen LogP contribution in [0.3, 0.4) is 0 Å². The number of benzene rings is 1. The molecule has 1 saturated carbocycles. The first-order valence-corrected chi connectivity index (χ1v) is 13.7. The average molecular weight is 549 g/mol. The number of nitrogens with one attached hydrogen (secondary N) is 1. The Hall–Kier alpha value is -4.06. The summed E-state index contributed by atoms with van der Waals surface area (Å²) in [4.78, 5) is 32.7. The number of carbonyl (C=O) groups is 1. The summed E-state index contributed by atoms with van der Waals surface area (Å²) in [7, 11) is 1.91. The van der Waals surface area contributed by atoms with Crippen LogP contribution >= 0.6 is 0 Å². The van der Waals surface area contributed by atoms with Crippen LogP contribution in [0.1, 0.15) is 38.5 Å². The molecule has 1 aromatic carbocycles. The number of rotatable bonds is 6. The molecule has 210 valence electrons. The third-order valence-electron chi connectivity index (χ3n) is 8.35. The number of aryl methyl sites for hydroxylation is 1. The number of anilines is 1. The van der Waals surface area contributed by atoms with E-state index in [9.17, 15) is 19.1 Å². The van der Waals surface area contributed by atoms with Crippen molar-refractivity contribution < 1.29 is 14.3 Å². The number of likely N-dealkylation sites (tertiary alicyclic amines) is 1. The largest absolute Gasteiger partial charge is 0.388 e. The molecular weight excluding hydrogens is 515 g/mol. The summed E-state index contributed by atoms with van der Waals surface area (Å²) in [6.45, 7) is 0.994. The van der Waals surface area contributed by atoms with Gasteiger partial charge in [-0.1, -0.05) is 0 Å². The van der Waals surface area contributed by atoms with Crippen LogP contribution in [0.4, 0.5) is 10.2 Å². The molecule has 1 aliphatic heterocycles. The second-order valence-corrected chi connectivity index (χ2v) is 11.0. The van der Waals surface area contributed by atoms with Crippen LogP contribution in [-0.4, -0.2) is 69.8 Å². The van der Waals surface area contributed by atoms with Crippen LogP contribution in [0.15, 0.2) is 53.8 Å². The highest BCUT2D eigenvalue weighted by Gasteiger charge is 2.37. The molecule has 6 rings (SSSR count). The molecule has 4 heterocycles. The monoisotopic (exact) mass is 548 g/mol. The van der Waals surface area contributed by atoms with Gasteiger partial charge in [-0.25, -0.2) is 14.1 Å². The first-order valence-electron chi connectivity index (χ1n) is 13.7. The Morgan fingerprint density at radius 1 is 1.10 bits per heavy atom. The van der Waals surface area contributed by atoms with Gasteiger partial charge < -0.3 is 15.3 Å². The van der Waals surface area contributed by atoms with E-state index in [1.165, 1.54) is 33.9 Å². The summed E-state index contributed by atoms with van der Waals surface area (Å²) in [5.74, 6) is 0.787. The molecule has 0 unspecified atom stereocenters. The lowest BCUT2D eigenvalue weighted by Gasteiger charge is -2.40. The smallest absolute Gasteiger partial charge is 0.264 e. The van der Waals surface area contributed by atoms with Crippen molar-refractivity contribution >= 4 is 22.8 Å². The third-order valence-corrected chi connectivity index (χ3v) is 8.35. The van der Waals surface area contributed by atoms with Crippen molar-refractivity contribution in [3.8, 4) is 5.69 Å². The summed E-state index contributed by atoms with van der Waals surface area (Å²) >= 11 is 0. The van der Waals surface area contributed by atoms with E-state index in [1.54, 1.807) is 18.3 Å². The van der Waals surface area contributed by atoms with Crippen LogP contribution in [0.2, 0.25) is 0 Å². The van der Waals surface area contributed by atoms with Gasteiger partial charge in [0, 0.05) is 38.2 Å². The maximum atomic E-state index is 13.3. The molecule has 40 heavy (non-hydrogen) atoms. The molecular formula is C28H33FN8O3. The van der Waals surface area contributed by atoms with Crippen molar-refractivity contribution in [3.63, 3.8) is 0 Å². The minimum Gasteiger partial charge on any atom is -0.388 e. The molecule has 2 aliphatic rings. The highest BCUT2D eigenvalue weighted by Crippen LogP contribution is 2.31. The van der Waals surface area contributed by atoms with Crippen LogP contribution in [-0.2, 0) is 18.4 Å². The van der Waals surface area contributed by atoms with Gasteiger partial charge in [0.2, 0.25) is 5.91 Å². The Labute approximate surface area is 230 Å². The fourth-order valence-corrected chi connectivity index (χ4v) is 5.92. The molecule has 1 saturated heterocycles. The zero-order valence-electron chi connectivity index (χ0n) is 22.4. The van der Waals surface area contributed by atoms with E-state index in [-0.39, 0.29) is 29.7 Å². The lowest BCUT2D eigenvalue weighted by Crippen LogP contribution is -2.51. The van der Waals surface area contributed by atoms with E-state index in [1.807, 2.05) is 22.7 Å². The Morgan fingerprint density at radius 3 is 2.50 bits per heavy atom. The third kappa shape index (κ3) is 5.10. The Morgan fingerprint density at radius 2 is 1.82 bits per heavy atom. The number of nitrogens with zero attached hydrogens (tertiary/aromatic N) is 7. The maximum Gasteiger partial charge on any atom is 0.264 e. The van der Waals surface area contributed by atoms with Gasteiger partial charge in [0.15, 0.2) is 5.65 Å². The van der Waals surface area contributed by atoms with Gasteiger partial charge in [0.05, 0.1) is 30.2 Å². The predicted molar refractivity (Wildman–Crippen MR) is 146 cm³/mol. The molecule has 2 fully saturated rings. The minimum atomic E-state index is -1.12. The van der Waals surface area contributed by atoms with Crippen molar-refractivity contribution in [2.45, 2.75) is 56.7 Å². The predicted octanol–water partition coefficient (Wildman–Crippen LogP) is 2.48. The molecule has 1 amide bonds. The molecule has 11 nitrogen and oxygen atoms in total. The van der Waals surface area contributed by atoms with Crippen molar-refractivity contribution in [3.05, 3.63) is 65.2 Å². The molecule has 2 N–H and O–H groups in total. The van der Waals surface area contributed by atoms with E-state index in [0.717, 1.165) is 31.5 Å². The van der Waals surface area contributed by atoms with E-state index in [2.05, 4.69) is 20.5 Å². The van der Waals surface area contributed by atoms with E-state index in [4.69, 9.17) is 0 Å². The fraction of sp³-hybridized carbons (Fsp3) is 0.464. The summed E-state index contributed by atoms with van der Waals surface area (Å²) in [5.41, 5.74) is -0.463. The Kier molecular flexibility index (Phi) is 6.87. The molecule has 3 aromatic heterocycles. The standard InChI is InChI=1S/C28H33FN8O3/c1-34-24(10-13-31-34)33-21-6-2-19(3-7-21)26(38)35-14-11-28(40,12-15-35)17-36-18-30-25-23(27(36)39)16-32-37(25)22-8-4-20(29)5-9-22/h4-5,8-10,13,16,18-19,21,33,40H,2-3,6-7,11-12,14-15,17H2,1H3/t19-,21+. The first-order chi connectivity index (χ1) is 19.3. The number of amides is 1. The highest BCUT2D eigenvalue weighted by molar-refractivity contribution is 5.79. The zero-order chi connectivity index (χ0) is 27.9. The summed E-state index contributed by atoms with van der Waals surface area (Å²) in [6.07, 6.45) is 8.92. The zero-order valence-corrected chi connectivity index (χ0v) is 22.4. The summed E-state index contributed by atoms with van der Waals surface area (Å²) < 4.78 is 18.0. The number of hydrogen-bond donors (Lipinski definition) is 2. The topological polar surface area (TPSA) is 123 Å². The average Bonchev–Trinajstić information content (AvgIpc) is 3.57. The van der Waals surface area contributed by atoms with Gasteiger partial charge in [-0.15, -0.1) is 0 Å². The van der Waals surface area contributed by atoms with Gasteiger partial charge in [0.25, 0.3) is 5.56 Å². The Balaban J connectivity index is 1.05. The molecule has 0 bridgehead atoms. The van der Waals surface area contributed by atoms with E-state index < -0.39 is 5.60 Å². The summed E-state index contributed by atoms with van der Waals surface area (Å²) in [6, 6.07) is 8.06. The van der Waals surface area contributed by atoms with Crippen LogP contribution in [0.25, 0.3) is 16.7 Å². The fourth-order valence-electron chi connectivity index (χ4n) is 5.92. The Bertz CT molecular complexity index is 1560. The highest BCUT2D eigenvalue weighted by atomic mass is 19.1. The molecule has 12 heteroatoms. The van der Waals surface area contributed by atoms with Gasteiger partial charge in [0.1, 0.15) is 23.3 Å². The van der Waals surface area contributed by atoms with Crippen molar-refractivity contribution in [1.82, 2.24) is 34.0 Å². The van der Waals surface area contributed by atoms with Gasteiger partial charge >= 0.3 is 0 Å². The van der Waals surface area contributed by atoms with Gasteiger partial charge in [-0.05, 0) is 62.8 Å². The number of fused-ring (bicyclic) bond motifs is 1. The first kappa shape index (κ1) is 26.2. The van der Waals surface area contributed by atoms with Crippen LogP contribution in [0, 0.1) is 11.7 Å². The van der Waals surface area contributed by atoms with Crippen molar-refractivity contribution in [1.29, 1.82) is 0 Å². The minimum absolute atomic E-state index is 0.00245. The SMILES string of the molecule is Cn1nccc1N[C@H]1CC[C@@H](C(=O)N2CCC(O)(Cn3cnc4c(cnn4-c4ccc(F)cc4)c3=O)CC2)CC1. The molecule has 0 radical (unpaired) electrons. The van der Waals surface area contributed by atoms with E-state index in [0.29, 0.717) is 48.7 Å². The molecule has 4 aromatic rings. The lowest BCUT2D eigenvalue weighted by molar-refractivity contribution is -0.141. The van der Waals surface area contributed by atoms with Crippen LogP contribution < -0.4 is 10.9 Å². The molecule has 0 spiro atoms. The number of hydrogen-bond acceptors (Lipinski definition) is 7. The van der Waals surface area contributed by atoms with E-state index >= 15 is 0 Å². The van der Waals surface area contributed by atoms with Gasteiger partial charge in [-0.3, -0.25) is 18.8 Å². The van der Waals surface area contributed by atoms with Gasteiger partial charge in [-0.2, -0.15) is 10.2 Å². The molecule has 0 atom stereocenters. The second kappa shape index (κ2) is 10.5. The van der Waals surface area contributed by atoms with Crippen molar-refractivity contribution in [2.75, 3.05) is 18.4 Å².